The first-order chi connectivity index (χ1) is 9.65. The van der Waals surface area contributed by atoms with Gasteiger partial charge in [0.2, 0.25) is 0 Å². The van der Waals surface area contributed by atoms with Crippen molar-refractivity contribution in [3.05, 3.63) is 22.4 Å². The smallest absolute Gasteiger partial charge is 0.267 e. The summed E-state index contributed by atoms with van der Waals surface area (Å²) in [5.74, 6) is 0.484. The second kappa shape index (κ2) is 4.25. The standard InChI is InChI=1S/C15H15N3OS/c1-7-9-5-3-4-6-10(9)11-12-13(20-15(11)16-7)14(19)18-8(2)17-12/h13H,3-6H2,1-2H3. The number of hydrogen-bond donors (Lipinski definition) is 0. The van der Waals surface area contributed by atoms with Crippen LogP contribution < -0.4 is 0 Å². The molecule has 0 saturated heterocycles. The highest BCUT2D eigenvalue weighted by Gasteiger charge is 2.40. The van der Waals surface area contributed by atoms with Crippen LogP contribution in [0.15, 0.2) is 15.0 Å². The molecule has 3 heterocycles. The van der Waals surface area contributed by atoms with E-state index in [4.69, 9.17) is 4.98 Å². The van der Waals surface area contributed by atoms with E-state index in [9.17, 15) is 4.79 Å². The first-order valence-electron chi connectivity index (χ1n) is 7.02. The summed E-state index contributed by atoms with van der Waals surface area (Å²) in [6.45, 7) is 3.87. The van der Waals surface area contributed by atoms with Crippen molar-refractivity contribution in [1.82, 2.24) is 4.98 Å². The van der Waals surface area contributed by atoms with Gasteiger partial charge in [0, 0.05) is 11.3 Å². The lowest BCUT2D eigenvalue weighted by molar-refractivity contribution is -0.116. The van der Waals surface area contributed by atoms with Gasteiger partial charge in [-0.25, -0.2) is 9.98 Å². The van der Waals surface area contributed by atoms with E-state index >= 15 is 0 Å². The van der Waals surface area contributed by atoms with E-state index in [-0.39, 0.29) is 11.2 Å². The molecule has 0 fully saturated rings. The van der Waals surface area contributed by atoms with Gasteiger partial charge in [-0.2, -0.15) is 4.99 Å². The second-order valence-corrected chi connectivity index (χ2v) is 6.63. The third-order valence-corrected chi connectivity index (χ3v) is 5.38. The maximum absolute atomic E-state index is 12.1. The Balaban J connectivity index is 1.97. The van der Waals surface area contributed by atoms with Crippen LogP contribution in [0.4, 0.5) is 0 Å². The number of pyridine rings is 1. The van der Waals surface area contributed by atoms with E-state index in [1.165, 1.54) is 35.7 Å². The Morgan fingerprint density at radius 2 is 1.85 bits per heavy atom. The monoisotopic (exact) mass is 285 g/mol. The van der Waals surface area contributed by atoms with Crippen molar-refractivity contribution in [1.29, 1.82) is 0 Å². The van der Waals surface area contributed by atoms with Crippen molar-refractivity contribution in [2.45, 2.75) is 49.8 Å². The van der Waals surface area contributed by atoms with Gasteiger partial charge in [0.15, 0.2) is 0 Å². The maximum Gasteiger partial charge on any atom is 0.267 e. The zero-order chi connectivity index (χ0) is 13.9. The number of amidine groups is 1. The average molecular weight is 285 g/mol. The van der Waals surface area contributed by atoms with Crippen LogP contribution in [-0.4, -0.2) is 27.7 Å². The van der Waals surface area contributed by atoms with E-state index in [2.05, 4.69) is 16.9 Å². The molecule has 3 aliphatic rings. The number of amides is 1. The molecule has 1 amide bonds. The molecule has 4 nitrogen and oxygen atoms in total. The van der Waals surface area contributed by atoms with Gasteiger partial charge in [-0.05, 0) is 50.7 Å². The van der Waals surface area contributed by atoms with Crippen LogP contribution in [0.5, 0.6) is 0 Å². The SMILES string of the molecule is CC1=NC(=O)C2Sc3nc(C)c4c(c3C2=N1)CCCC4. The molecule has 0 saturated carbocycles. The summed E-state index contributed by atoms with van der Waals surface area (Å²) >= 11 is 1.52. The Morgan fingerprint density at radius 1 is 1.10 bits per heavy atom. The number of thioether (sulfide) groups is 1. The lowest BCUT2D eigenvalue weighted by atomic mass is 9.86. The Morgan fingerprint density at radius 3 is 2.65 bits per heavy atom. The van der Waals surface area contributed by atoms with E-state index in [1.54, 1.807) is 6.92 Å². The fourth-order valence-electron chi connectivity index (χ4n) is 3.33. The molecule has 2 aliphatic heterocycles. The molecule has 1 aromatic rings. The molecule has 1 aromatic heterocycles. The van der Waals surface area contributed by atoms with Crippen molar-refractivity contribution in [2.75, 3.05) is 0 Å². The maximum atomic E-state index is 12.1. The first-order valence-corrected chi connectivity index (χ1v) is 7.90. The molecule has 4 rings (SSSR count). The average Bonchev–Trinajstić information content (AvgIpc) is 2.78. The minimum absolute atomic E-state index is 0.0855. The van der Waals surface area contributed by atoms with Gasteiger partial charge in [0.1, 0.15) is 16.1 Å². The molecule has 1 atom stereocenters. The number of fused-ring (bicyclic) bond motifs is 5. The molecular formula is C15H15N3OS. The lowest BCUT2D eigenvalue weighted by Crippen LogP contribution is -2.28. The summed E-state index contributed by atoms with van der Waals surface area (Å²) in [5.41, 5.74) is 5.92. The summed E-state index contributed by atoms with van der Waals surface area (Å²) in [7, 11) is 0. The van der Waals surface area contributed by atoms with E-state index in [0.717, 1.165) is 34.8 Å². The third kappa shape index (κ3) is 1.62. The van der Waals surface area contributed by atoms with E-state index in [0.29, 0.717) is 5.84 Å². The molecule has 1 aliphatic carbocycles. The van der Waals surface area contributed by atoms with E-state index < -0.39 is 0 Å². The second-order valence-electron chi connectivity index (χ2n) is 5.53. The Kier molecular flexibility index (Phi) is 2.61. The summed E-state index contributed by atoms with van der Waals surface area (Å²) < 4.78 is 0. The molecule has 20 heavy (non-hydrogen) atoms. The summed E-state index contributed by atoms with van der Waals surface area (Å²) in [6, 6.07) is 0. The molecule has 0 N–H and O–H groups in total. The van der Waals surface area contributed by atoms with Crippen molar-refractivity contribution in [2.24, 2.45) is 9.98 Å². The number of nitrogens with zero attached hydrogens (tertiary/aromatic N) is 3. The zero-order valence-electron chi connectivity index (χ0n) is 11.6. The van der Waals surface area contributed by atoms with Gasteiger partial charge in [-0.3, -0.25) is 4.79 Å². The molecule has 0 radical (unpaired) electrons. The van der Waals surface area contributed by atoms with Crippen LogP contribution in [0.2, 0.25) is 0 Å². The van der Waals surface area contributed by atoms with Crippen molar-refractivity contribution >= 4 is 29.2 Å². The minimum Gasteiger partial charge on any atom is -0.271 e. The Labute approximate surface area is 121 Å². The Bertz CT molecular complexity index is 706. The summed E-state index contributed by atoms with van der Waals surface area (Å²) in [4.78, 5) is 25.4. The Hall–Kier alpha value is -1.49. The number of aliphatic imine (C=N–C) groups is 2. The van der Waals surface area contributed by atoms with Crippen LogP contribution in [-0.2, 0) is 17.6 Å². The van der Waals surface area contributed by atoms with Crippen LogP contribution in [0.3, 0.4) is 0 Å². The highest BCUT2D eigenvalue weighted by Crippen LogP contribution is 2.43. The van der Waals surface area contributed by atoms with Gasteiger partial charge in [0.25, 0.3) is 5.91 Å². The highest BCUT2D eigenvalue weighted by atomic mass is 32.2. The van der Waals surface area contributed by atoms with Crippen molar-refractivity contribution in [3.8, 4) is 0 Å². The fourth-order valence-corrected chi connectivity index (χ4v) is 4.53. The molecular weight excluding hydrogens is 270 g/mol. The number of carbonyl (C=O) groups excluding carboxylic acids is 1. The van der Waals surface area contributed by atoms with Crippen LogP contribution in [0.1, 0.15) is 42.1 Å². The van der Waals surface area contributed by atoms with Gasteiger partial charge in [-0.1, -0.05) is 11.8 Å². The quantitative estimate of drug-likeness (QED) is 0.736. The molecule has 1 unspecified atom stereocenters. The van der Waals surface area contributed by atoms with Gasteiger partial charge < -0.3 is 0 Å². The molecule has 102 valence electrons. The number of rotatable bonds is 0. The topological polar surface area (TPSA) is 54.7 Å². The van der Waals surface area contributed by atoms with Crippen LogP contribution in [0, 0.1) is 6.92 Å². The summed E-state index contributed by atoms with van der Waals surface area (Å²) in [5, 5.41) is 0.708. The minimum atomic E-state index is -0.269. The number of carbonyl (C=O) groups is 1. The zero-order valence-corrected chi connectivity index (χ0v) is 12.4. The van der Waals surface area contributed by atoms with Crippen molar-refractivity contribution < 1.29 is 4.79 Å². The largest absolute Gasteiger partial charge is 0.271 e. The molecule has 0 bridgehead atoms. The van der Waals surface area contributed by atoms with Gasteiger partial charge in [0.05, 0.1) is 5.71 Å². The highest BCUT2D eigenvalue weighted by molar-refractivity contribution is 8.02. The lowest BCUT2D eigenvalue weighted by Gasteiger charge is -2.21. The molecule has 0 aromatic carbocycles. The number of aryl methyl sites for hydroxylation is 1. The van der Waals surface area contributed by atoms with Gasteiger partial charge in [-0.15, -0.1) is 0 Å². The first kappa shape index (κ1) is 12.3. The predicted octanol–water partition coefficient (Wildman–Crippen LogP) is 2.49. The fraction of sp³-hybridized carbons (Fsp3) is 0.467. The summed E-state index contributed by atoms with van der Waals surface area (Å²) in [6.07, 6.45) is 4.63. The van der Waals surface area contributed by atoms with Gasteiger partial charge >= 0.3 is 0 Å². The third-order valence-electron chi connectivity index (χ3n) is 4.20. The van der Waals surface area contributed by atoms with Crippen LogP contribution in [0.25, 0.3) is 0 Å². The predicted molar refractivity (Wildman–Crippen MR) is 79.9 cm³/mol. The van der Waals surface area contributed by atoms with E-state index in [1.807, 2.05) is 0 Å². The number of aromatic nitrogens is 1. The molecule has 5 heteroatoms. The van der Waals surface area contributed by atoms with Crippen molar-refractivity contribution in [3.63, 3.8) is 0 Å². The normalized spacial score (nSPS) is 23.7. The van der Waals surface area contributed by atoms with Crippen LogP contribution >= 0.6 is 11.8 Å². The number of hydrogen-bond acceptors (Lipinski definition) is 4. The molecule has 0 spiro atoms.